The van der Waals surface area contributed by atoms with E-state index < -0.39 is 0 Å². The second kappa shape index (κ2) is 10.6. The molecule has 3 nitrogen and oxygen atoms in total. The molecular weight excluding hydrogens is 512 g/mol. The van der Waals surface area contributed by atoms with E-state index in [9.17, 15) is 4.79 Å². The van der Waals surface area contributed by atoms with Gasteiger partial charge in [-0.05, 0) is 60.2 Å². The third kappa shape index (κ3) is 6.10. The minimum atomic E-state index is 0.0960. The van der Waals surface area contributed by atoms with Gasteiger partial charge in [0.25, 0.3) is 0 Å². The van der Waals surface area contributed by atoms with Gasteiger partial charge in [0.1, 0.15) is 0 Å². The molecule has 0 bridgehead atoms. The molecule has 0 radical (unpaired) electrons. The maximum absolute atomic E-state index is 13.2. The molecule has 0 aliphatic carbocycles. The molecule has 31 heavy (non-hydrogen) atoms. The van der Waals surface area contributed by atoms with Crippen molar-refractivity contribution in [3.05, 3.63) is 87.9 Å². The smallest absolute Gasteiger partial charge is 0.229 e. The highest BCUT2D eigenvalue weighted by atomic mass is 79.9. The number of amides is 1. The van der Waals surface area contributed by atoms with Crippen molar-refractivity contribution in [2.75, 3.05) is 10.7 Å². The van der Waals surface area contributed by atoms with Crippen LogP contribution in [0.15, 0.2) is 82.2 Å². The number of benzene rings is 3. The SMILES string of the molecule is O=C(CCCSc1ccc(Cl)cc1)N(Cc1ccccc1)c1nc2ccc(Br)cc2s1. The summed E-state index contributed by atoms with van der Waals surface area (Å²) in [5.74, 6) is 0.970. The fourth-order valence-corrected chi connectivity index (χ4v) is 5.62. The van der Waals surface area contributed by atoms with E-state index in [2.05, 4.69) is 15.9 Å². The third-order valence-electron chi connectivity index (χ3n) is 4.67. The summed E-state index contributed by atoms with van der Waals surface area (Å²) in [4.78, 5) is 20.9. The Morgan fingerprint density at radius 1 is 1.06 bits per heavy atom. The van der Waals surface area contributed by atoms with Crippen molar-refractivity contribution < 1.29 is 4.79 Å². The van der Waals surface area contributed by atoms with Crippen LogP contribution in [-0.4, -0.2) is 16.6 Å². The van der Waals surface area contributed by atoms with Crippen LogP contribution in [0.5, 0.6) is 0 Å². The Kier molecular flexibility index (Phi) is 7.67. The van der Waals surface area contributed by atoms with Crippen LogP contribution in [0.4, 0.5) is 5.13 Å². The molecule has 1 heterocycles. The minimum Gasteiger partial charge on any atom is -0.284 e. The lowest BCUT2D eigenvalue weighted by atomic mass is 10.2. The summed E-state index contributed by atoms with van der Waals surface area (Å²) in [7, 11) is 0. The van der Waals surface area contributed by atoms with E-state index in [4.69, 9.17) is 16.6 Å². The zero-order chi connectivity index (χ0) is 21.6. The van der Waals surface area contributed by atoms with Gasteiger partial charge in [-0.25, -0.2) is 4.98 Å². The fourth-order valence-electron chi connectivity index (χ4n) is 3.11. The normalized spacial score (nSPS) is 11.0. The van der Waals surface area contributed by atoms with Gasteiger partial charge in [-0.2, -0.15) is 0 Å². The van der Waals surface area contributed by atoms with E-state index in [1.54, 1.807) is 23.1 Å². The van der Waals surface area contributed by atoms with Crippen molar-refractivity contribution in [3.8, 4) is 0 Å². The van der Waals surface area contributed by atoms with Crippen molar-refractivity contribution in [2.24, 2.45) is 0 Å². The fraction of sp³-hybridized carbons (Fsp3) is 0.167. The second-order valence-electron chi connectivity index (χ2n) is 6.98. The van der Waals surface area contributed by atoms with Crippen molar-refractivity contribution in [1.29, 1.82) is 0 Å². The van der Waals surface area contributed by atoms with E-state index in [1.165, 1.54) is 0 Å². The predicted molar refractivity (Wildman–Crippen MR) is 136 cm³/mol. The first-order chi connectivity index (χ1) is 15.1. The highest BCUT2D eigenvalue weighted by molar-refractivity contribution is 9.10. The number of hydrogen-bond acceptors (Lipinski definition) is 4. The third-order valence-corrected chi connectivity index (χ3v) is 7.56. The van der Waals surface area contributed by atoms with Crippen LogP contribution in [0.1, 0.15) is 18.4 Å². The summed E-state index contributed by atoms with van der Waals surface area (Å²) in [5.41, 5.74) is 2.00. The van der Waals surface area contributed by atoms with Gasteiger partial charge in [0.15, 0.2) is 5.13 Å². The first-order valence-electron chi connectivity index (χ1n) is 9.87. The van der Waals surface area contributed by atoms with Crippen LogP contribution in [-0.2, 0) is 11.3 Å². The molecule has 1 aromatic heterocycles. The highest BCUT2D eigenvalue weighted by Crippen LogP contribution is 2.32. The van der Waals surface area contributed by atoms with E-state index in [0.29, 0.717) is 13.0 Å². The van der Waals surface area contributed by atoms with Gasteiger partial charge in [0, 0.05) is 20.8 Å². The number of halogens is 2. The van der Waals surface area contributed by atoms with Crippen LogP contribution in [0.3, 0.4) is 0 Å². The van der Waals surface area contributed by atoms with E-state index >= 15 is 0 Å². The molecule has 0 atom stereocenters. The molecule has 0 unspecified atom stereocenters. The number of aromatic nitrogens is 1. The van der Waals surface area contributed by atoms with E-state index in [1.807, 2.05) is 77.7 Å². The summed E-state index contributed by atoms with van der Waals surface area (Å²) in [6, 6.07) is 23.9. The Morgan fingerprint density at radius 2 is 1.84 bits per heavy atom. The standard InChI is InChI=1S/C24H20BrClN2OS2/c25-18-8-13-21-22(15-18)31-24(27-21)28(16-17-5-2-1-3-6-17)23(29)7-4-14-30-20-11-9-19(26)10-12-20/h1-3,5-6,8-13,15H,4,7,14,16H2. The second-order valence-corrected chi connectivity index (χ2v) is 10.5. The summed E-state index contributed by atoms with van der Waals surface area (Å²) < 4.78 is 2.07. The monoisotopic (exact) mass is 530 g/mol. The quantitative estimate of drug-likeness (QED) is 0.172. The van der Waals surface area contributed by atoms with Crippen LogP contribution >= 0.6 is 50.6 Å². The lowest BCUT2D eigenvalue weighted by Crippen LogP contribution is -2.30. The van der Waals surface area contributed by atoms with Crippen molar-refractivity contribution in [3.63, 3.8) is 0 Å². The predicted octanol–water partition coefficient (Wildman–Crippen LogP) is 7.82. The summed E-state index contributed by atoms with van der Waals surface area (Å²) in [5, 5.41) is 1.48. The van der Waals surface area contributed by atoms with Gasteiger partial charge in [0.2, 0.25) is 5.91 Å². The average molecular weight is 532 g/mol. The van der Waals surface area contributed by atoms with Gasteiger partial charge in [-0.15, -0.1) is 11.8 Å². The van der Waals surface area contributed by atoms with Gasteiger partial charge in [-0.1, -0.05) is 69.2 Å². The molecule has 0 aliphatic heterocycles. The number of thioether (sulfide) groups is 1. The lowest BCUT2D eigenvalue weighted by Gasteiger charge is -2.20. The Hall–Kier alpha value is -1.86. The topological polar surface area (TPSA) is 33.2 Å². The zero-order valence-corrected chi connectivity index (χ0v) is 20.6. The summed E-state index contributed by atoms with van der Waals surface area (Å²) >= 11 is 12.8. The molecule has 0 fully saturated rings. The maximum Gasteiger partial charge on any atom is 0.229 e. The van der Waals surface area contributed by atoms with Crippen LogP contribution in [0, 0.1) is 0 Å². The van der Waals surface area contributed by atoms with Crippen molar-refractivity contribution >= 4 is 71.9 Å². The largest absolute Gasteiger partial charge is 0.284 e. The number of thiazole rings is 1. The first-order valence-corrected chi connectivity index (χ1v) is 12.8. The molecule has 0 saturated carbocycles. The van der Waals surface area contributed by atoms with Crippen molar-refractivity contribution in [2.45, 2.75) is 24.3 Å². The minimum absolute atomic E-state index is 0.0960. The molecule has 4 aromatic rings. The molecule has 4 rings (SSSR count). The van der Waals surface area contributed by atoms with Crippen LogP contribution in [0.2, 0.25) is 5.02 Å². The molecule has 0 aliphatic rings. The summed E-state index contributed by atoms with van der Waals surface area (Å²) in [6.45, 7) is 0.519. The average Bonchev–Trinajstić information content (AvgIpc) is 3.19. The van der Waals surface area contributed by atoms with Crippen LogP contribution in [0.25, 0.3) is 10.2 Å². The van der Waals surface area contributed by atoms with Gasteiger partial charge >= 0.3 is 0 Å². The number of hydrogen-bond donors (Lipinski definition) is 0. The zero-order valence-electron chi connectivity index (χ0n) is 16.6. The first kappa shape index (κ1) is 22.3. The van der Waals surface area contributed by atoms with Gasteiger partial charge < -0.3 is 0 Å². The van der Waals surface area contributed by atoms with E-state index in [0.717, 1.165) is 47.5 Å². The number of carbonyl (C=O) groups is 1. The summed E-state index contributed by atoms with van der Waals surface area (Å²) in [6.07, 6.45) is 1.28. The Balaban J connectivity index is 1.46. The van der Waals surface area contributed by atoms with E-state index in [-0.39, 0.29) is 5.91 Å². The number of anilines is 1. The highest BCUT2D eigenvalue weighted by Gasteiger charge is 2.20. The lowest BCUT2D eigenvalue weighted by molar-refractivity contribution is -0.118. The molecule has 0 spiro atoms. The van der Waals surface area contributed by atoms with Crippen molar-refractivity contribution in [1.82, 2.24) is 4.98 Å². The Bertz CT molecular complexity index is 1170. The molecule has 3 aromatic carbocycles. The molecule has 158 valence electrons. The maximum atomic E-state index is 13.2. The van der Waals surface area contributed by atoms with Crippen LogP contribution < -0.4 is 4.90 Å². The molecule has 7 heteroatoms. The number of nitrogens with zero attached hydrogens (tertiary/aromatic N) is 2. The number of fused-ring (bicyclic) bond motifs is 1. The number of rotatable bonds is 8. The van der Waals surface area contributed by atoms with Gasteiger partial charge in [-0.3, -0.25) is 9.69 Å². The Morgan fingerprint density at radius 3 is 2.61 bits per heavy atom. The van der Waals surface area contributed by atoms with Gasteiger partial charge in [0.05, 0.1) is 16.8 Å². The molecule has 1 amide bonds. The Labute approximate surface area is 203 Å². The molecule has 0 saturated heterocycles. The number of carbonyl (C=O) groups excluding carboxylic acids is 1. The molecule has 0 N–H and O–H groups in total. The molecular formula is C24H20BrClN2OS2.